The smallest absolute Gasteiger partial charge is 0.256 e. The van der Waals surface area contributed by atoms with E-state index in [0.717, 1.165) is 4.88 Å². The monoisotopic (exact) mass is 481 g/mol. The predicted molar refractivity (Wildman–Crippen MR) is 133 cm³/mol. The van der Waals surface area contributed by atoms with Crippen molar-refractivity contribution >= 4 is 51.9 Å². The molecular weight excluding hydrogens is 458 g/mol. The summed E-state index contributed by atoms with van der Waals surface area (Å²) in [7, 11) is 3.17. The molecule has 0 spiro atoms. The molecule has 0 bridgehead atoms. The average Bonchev–Trinajstić information content (AvgIpc) is 3.42. The molecular formula is C24H23N3O4S2. The van der Waals surface area contributed by atoms with Crippen molar-refractivity contribution < 1.29 is 19.1 Å². The van der Waals surface area contributed by atoms with Gasteiger partial charge in [0.2, 0.25) is 5.91 Å². The van der Waals surface area contributed by atoms with Gasteiger partial charge in [0.05, 0.1) is 32.9 Å². The van der Waals surface area contributed by atoms with Crippen LogP contribution in [0.2, 0.25) is 0 Å². The second-order valence-corrected chi connectivity index (χ2v) is 8.76. The molecule has 1 aromatic heterocycles. The van der Waals surface area contributed by atoms with Gasteiger partial charge in [-0.3, -0.25) is 14.5 Å². The summed E-state index contributed by atoms with van der Waals surface area (Å²) in [6.45, 7) is 0.454. The number of ether oxygens (including phenoxy) is 2. The van der Waals surface area contributed by atoms with Crippen LogP contribution in [0.3, 0.4) is 0 Å². The zero-order chi connectivity index (χ0) is 23.4. The van der Waals surface area contributed by atoms with Gasteiger partial charge in [0.1, 0.15) is 17.5 Å². The number of carbonyl (C=O) groups is 2. The molecule has 1 aliphatic rings. The first-order valence-electron chi connectivity index (χ1n) is 10.2. The van der Waals surface area contributed by atoms with Crippen molar-refractivity contribution in [1.29, 1.82) is 0 Å². The predicted octanol–water partition coefficient (Wildman–Crippen LogP) is 4.30. The van der Waals surface area contributed by atoms with Gasteiger partial charge in [0.15, 0.2) is 5.11 Å². The molecule has 7 nitrogen and oxygen atoms in total. The van der Waals surface area contributed by atoms with E-state index >= 15 is 0 Å². The fourth-order valence-electron chi connectivity index (χ4n) is 3.62. The van der Waals surface area contributed by atoms with Gasteiger partial charge in [0, 0.05) is 10.6 Å². The molecule has 0 saturated carbocycles. The lowest BCUT2D eigenvalue weighted by Gasteiger charge is -2.23. The standard InChI is InChI=1S/C24H23N3O4S2/c1-30-18-9-5-16(6-10-18)25-22(28)14-21-23(29)27(17-7-11-19(31-2)12-8-17)24(32)26(21)15-20-4-3-13-33-20/h3-13,21H,14-15H2,1-2H3,(H,25,28). The summed E-state index contributed by atoms with van der Waals surface area (Å²) in [5, 5.41) is 5.21. The van der Waals surface area contributed by atoms with E-state index in [1.54, 1.807) is 74.1 Å². The summed E-state index contributed by atoms with van der Waals surface area (Å²) in [6, 6.07) is 17.4. The number of nitrogens with zero attached hydrogens (tertiary/aromatic N) is 2. The van der Waals surface area contributed by atoms with Crippen molar-refractivity contribution in [3.05, 3.63) is 70.9 Å². The first-order valence-corrected chi connectivity index (χ1v) is 11.5. The van der Waals surface area contributed by atoms with E-state index in [9.17, 15) is 9.59 Å². The number of hydrogen-bond acceptors (Lipinski definition) is 6. The minimum Gasteiger partial charge on any atom is -0.497 e. The molecule has 3 aromatic rings. The Balaban J connectivity index is 1.56. The molecule has 170 valence electrons. The number of thiocarbonyl (C=S) groups is 1. The highest BCUT2D eigenvalue weighted by atomic mass is 32.1. The van der Waals surface area contributed by atoms with Crippen molar-refractivity contribution in [1.82, 2.24) is 4.90 Å². The molecule has 1 atom stereocenters. The summed E-state index contributed by atoms with van der Waals surface area (Å²) in [6.07, 6.45) is -0.0248. The van der Waals surface area contributed by atoms with Crippen molar-refractivity contribution in [3.63, 3.8) is 0 Å². The van der Waals surface area contributed by atoms with Crippen LogP contribution in [0.1, 0.15) is 11.3 Å². The lowest BCUT2D eigenvalue weighted by Crippen LogP contribution is -2.37. The van der Waals surface area contributed by atoms with Crippen LogP contribution in [0, 0.1) is 0 Å². The second kappa shape index (κ2) is 10.0. The Kier molecular flexibility index (Phi) is 6.90. The average molecular weight is 482 g/mol. The normalized spacial score (nSPS) is 15.6. The third kappa shape index (κ3) is 4.99. The number of hydrogen-bond donors (Lipinski definition) is 1. The van der Waals surface area contributed by atoms with Crippen LogP contribution in [-0.4, -0.2) is 42.1 Å². The van der Waals surface area contributed by atoms with Crippen molar-refractivity contribution in [2.75, 3.05) is 24.4 Å². The summed E-state index contributed by atoms with van der Waals surface area (Å²) in [4.78, 5) is 30.7. The number of anilines is 2. The minimum absolute atomic E-state index is 0.0248. The Morgan fingerprint density at radius 3 is 2.24 bits per heavy atom. The molecule has 1 unspecified atom stereocenters. The van der Waals surface area contributed by atoms with E-state index in [1.807, 2.05) is 22.4 Å². The second-order valence-electron chi connectivity index (χ2n) is 7.36. The Hall–Kier alpha value is -3.43. The minimum atomic E-state index is -0.708. The lowest BCUT2D eigenvalue weighted by atomic mass is 10.1. The van der Waals surface area contributed by atoms with E-state index in [4.69, 9.17) is 21.7 Å². The third-order valence-electron chi connectivity index (χ3n) is 5.31. The summed E-state index contributed by atoms with van der Waals surface area (Å²) < 4.78 is 10.4. The molecule has 2 amide bonds. The van der Waals surface area contributed by atoms with Crippen molar-refractivity contribution in [2.24, 2.45) is 0 Å². The van der Waals surface area contributed by atoms with Gasteiger partial charge in [-0.25, -0.2) is 0 Å². The maximum absolute atomic E-state index is 13.5. The number of nitrogens with one attached hydrogen (secondary N) is 1. The highest BCUT2D eigenvalue weighted by Gasteiger charge is 2.44. The number of carbonyl (C=O) groups excluding carboxylic acids is 2. The molecule has 33 heavy (non-hydrogen) atoms. The van der Waals surface area contributed by atoms with Gasteiger partial charge in [-0.1, -0.05) is 6.07 Å². The molecule has 2 heterocycles. The van der Waals surface area contributed by atoms with E-state index < -0.39 is 6.04 Å². The Labute approximate surface area is 201 Å². The van der Waals surface area contributed by atoms with Gasteiger partial charge in [0.25, 0.3) is 5.91 Å². The molecule has 1 saturated heterocycles. The number of benzene rings is 2. The highest BCUT2D eigenvalue weighted by Crippen LogP contribution is 2.30. The SMILES string of the molecule is COc1ccc(NC(=O)CC2C(=O)N(c3ccc(OC)cc3)C(=S)N2Cc2cccs2)cc1. The maximum atomic E-state index is 13.5. The van der Waals surface area contributed by atoms with Crippen LogP contribution >= 0.6 is 23.6 Å². The molecule has 0 aliphatic carbocycles. The fourth-order valence-corrected chi connectivity index (χ4v) is 4.70. The van der Waals surface area contributed by atoms with Gasteiger partial charge >= 0.3 is 0 Å². The molecule has 4 rings (SSSR count). The topological polar surface area (TPSA) is 71.1 Å². The van der Waals surface area contributed by atoms with Gasteiger partial charge in [-0.15, -0.1) is 11.3 Å². The number of rotatable bonds is 8. The summed E-state index contributed by atoms with van der Waals surface area (Å²) in [5.74, 6) is 0.879. The van der Waals surface area contributed by atoms with Crippen LogP contribution < -0.4 is 19.7 Å². The zero-order valence-corrected chi connectivity index (χ0v) is 19.8. The van der Waals surface area contributed by atoms with E-state index in [1.165, 1.54) is 4.90 Å². The van der Waals surface area contributed by atoms with Gasteiger partial charge in [-0.05, 0) is 72.2 Å². The zero-order valence-electron chi connectivity index (χ0n) is 18.2. The largest absolute Gasteiger partial charge is 0.497 e. The molecule has 2 aromatic carbocycles. The summed E-state index contributed by atoms with van der Waals surface area (Å²) >= 11 is 7.28. The van der Waals surface area contributed by atoms with E-state index in [-0.39, 0.29) is 18.2 Å². The highest BCUT2D eigenvalue weighted by molar-refractivity contribution is 7.80. The first kappa shape index (κ1) is 22.8. The first-order chi connectivity index (χ1) is 16.0. The van der Waals surface area contributed by atoms with Gasteiger partial charge < -0.3 is 19.7 Å². The van der Waals surface area contributed by atoms with Crippen LogP contribution in [0.15, 0.2) is 66.0 Å². The molecule has 1 aliphatic heterocycles. The Morgan fingerprint density at radius 2 is 1.67 bits per heavy atom. The van der Waals surface area contributed by atoms with Crippen LogP contribution in [0.5, 0.6) is 11.5 Å². The summed E-state index contributed by atoms with van der Waals surface area (Å²) in [5.41, 5.74) is 1.27. The molecule has 9 heteroatoms. The number of thiophene rings is 1. The maximum Gasteiger partial charge on any atom is 0.256 e. The molecule has 1 N–H and O–H groups in total. The number of amides is 2. The Morgan fingerprint density at radius 1 is 1.03 bits per heavy atom. The molecule has 1 fully saturated rings. The van der Waals surface area contributed by atoms with Crippen molar-refractivity contribution in [2.45, 2.75) is 19.0 Å². The van der Waals surface area contributed by atoms with E-state index in [0.29, 0.717) is 34.5 Å². The number of methoxy groups -OCH3 is 2. The van der Waals surface area contributed by atoms with Gasteiger partial charge in [-0.2, -0.15) is 0 Å². The fraction of sp³-hybridized carbons (Fsp3) is 0.208. The Bertz CT molecular complexity index is 1130. The van der Waals surface area contributed by atoms with Crippen LogP contribution in [0.25, 0.3) is 0 Å². The quantitative estimate of drug-likeness (QED) is 0.484. The molecule has 0 radical (unpaired) electrons. The van der Waals surface area contributed by atoms with Crippen LogP contribution in [0.4, 0.5) is 11.4 Å². The lowest BCUT2D eigenvalue weighted by molar-refractivity contribution is -0.124. The van der Waals surface area contributed by atoms with Crippen LogP contribution in [-0.2, 0) is 16.1 Å². The van der Waals surface area contributed by atoms with Crippen molar-refractivity contribution in [3.8, 4) is 11.5 Å². The van der Waals surface area contributed by atoms with E-state index in [2.05, 4.69) is 5.32 Å². The third-order valence-corrected chi connectivity index (χ3v) is 6.59.